The SMILES string of the molecule is COc1ccc2nccc(C(O)CC[C@@H]3CCN(CCCCc4ccccc4Cl)C[C@@H]3CC(=O)O)c2c1. The smallest absolute Gasteiger partial charge is 0.303 e. The molecule has 4 rings (SSSR count). The summed E-state index contributed by atoms with van der Waals surface area (Å²) in [4.78, 5) is 18.5. The van der Waals surface area contributed by atoms with E-state index >= 15 is 0 Å². The third-order valence-electron chi connectivity index (χ3n) is 7.69. The number of fused-ring (bicyclic) bond motifs is 1. The maximum atomic E-state index is 11.6. The molecule has 1 aromatic heterocycles. The number of aliphatic carboxylic acids is 1. The number of aliphatic hydroxyl groups excluding tert-OH is 1. The van der Waals surface area contributed by atoms with Gasteiger partial charge in [0.15, 0.2) is 0 Å². The highest BCUT2D eigenvalue weighted by molar-refractivity contribution is 6.31. The number of methoxy groups -OCH3 is 1. The molecule has 0 amide bonds. The molecule has 1 fully saturated rings. The van der Waals surface area contributed by atoms with Crippen LogP contribution in [0.3, 0.4) is 0 Å². The largest absolute Gasteiger partial charge is 0.497 e. The van der Waals surface area contributed by atoms with Crippen molar-refractivity contribution in [3.8, 4) is 5.75 Å². The second kappa shape index (κ2) is 13.2. The fraction of sp³-hybridized carbons (Fsp3) is 0.467. The topological polar surface area (TPSA) is 82.9 Å². The predicted molar refractivity (Wildman–Crippen MR) is 147 cm³/mol. The first kappa shape index (κ1) is 27.4. The number of unbranched alkanes of at least 4 members (excludes halogenated alkanes) is 1. The molecule has 3 atom stereocenters. The van der Waals surface area contributed by atoms with Crippen molar-refractivity contribution in [1.29, 1.82) is 0 Å². The molecule has 7 heteroatoms. The summed E-state index contributed by atoms with van der Waals surface area (Å²) in [5.74, 6) is 0.363. The molecule has 37 heavy (non-hydrogen) atoms. The van der Waals surface area contributed by atoms with Crippen LogP contribution in [0.4, 0.5) is 0 Å². The molecule has 1 unspecified atom stereocenters. The van der Waals surface area contributed by atoms with Crippen LogP contribution in [0, 0.1) is 11.8 Å². The van der Waals surface area contributed by atoms with Gasteiger partial charge in [0.1, 0.15) is 5.75 Å². The van der Waals surface area contributed by atoms with Gasteiger partial charge in [-0.25, -0.2) is 0 Å². The van der Waals surface area contributed by atoms with E-state index in [1.807, 2.05) is 42.5 Å². The number of carbonyl (C=O) groups is 1. The first-order valence-corrected chi connectivity index (χ1v) is 13.6. The molecular formula is C30H37ClN2O4. The molecular weight excluding hydrogens is 488 g/mol. The van der Waals surface area contributed by atoms with E-state index in [0.29, 0.717) is 6.42 Å². The Morgan fingerprint density at radius 2 is 2.03 bits per heavy atom. The van der Waals surface area contributed by atoms with E-state index in [0.717, 1.165) is 79.0 Å². The van der Waals surface area contributed by atoms with E-state index in [1.54, 1.807) is 13.3 Å². The zero-order valence-corrected chi connectivity index (χ0v) is 22.2. The molecule has 0 saturated carbocycles. The lowest BCUT2D eigenvalue weighted by Crippen LogP contribution is -2.41. The van der Waals surface area contributed by atoms with Gasteiger partial charge in [-0.05, 0) is 105 Å². The summed E-state index contributed by atoms with van der Waals surface area (Å²) < 4.78 is 5.36. The number of halogens is 1. The third-order valence-corrected chi connectivity index (χ3v) is 8.06. The van der Waals surface area contributed by atoms with Gasteiger partial charge in [0.25, 0.3) is 0 Å². The zero-order valence-electron chi connectivity index (χ0n) is 21.5. The Kier molecular flexibility index (Phi) is 9.78. The molecule has 0 radical (unpaired) electrons. The first-order chi connectivity index (χ1) is 17.9. The summed E-state index contributed by atoms with van der Waals surface area (Å²) in [6.07, 6.45) is 6.70. The molecule has 198 valence electrons. The van der Waals surface area contributed by atoms with Crippen LogP contribution < -0.4 is 4.74 Å². The Bertz CT molecular complexity index is 1190. The standard InChI is InChI=1S/C30H37ClN2O4/c1-37-24-10-11-28-26(19-24)25(13-15-32-28)29(34)12-9-21-14-17-33(20-23(21)18-30(35)36)16-5-4-7-22-6-2-3-8-27(22)31/h2-3,6,8,10-11,13,15,19,21,23,29,34H,4-5,7,9,12,14,16-18,20H2,1H3,(H,35,36)/t21-,23+,29?/m1/s1. The number of hydrogen-bond donors (Lipinski definition) is 2. The number of likely N-dealkylation sites (tertiary alicyclic amines) is 1. The van der Waals surface area contributed by atoms with Gasteiger partial charge in [-0.3, -0.25) is 9.78 Å². The third kappa shape index (κ3) is 7.44. The molecule has 1 saturated heterocycles. The fourth-order valence-electron chi connectivity index (χ4n) is 5.64. The Morgan fingerprint density at radius 1 is 1.19 bits per heavy atom. The molecule has 3 aromatic rings. The maximum absolute atomic E-state index is 11.6. The summed E-state index contributed by atoms with van der Waals surface area (Å²) in [5.41, 5.74) is 2.85. The summed E-state index contributed by atoms with van der Waals surface area (Å²) >= 11 is 6.28. The van der Waals surface area contributed by atoms with Crippen molar-refractivity contribution in [2.75, 3.05) is 26.7 Å². The number of ether oxygens (including phenoxy) is 1. The quantitative estimate of drug-likeness (QED) is 0.277. The lowest BCUT2D eigenvalue weighted by molar-refractivity contribution is -0.139. The summed E-state index contributed by atoms with van der Waals surface area (Å²) in [6.45, 7) is 2.74. The fourth-order valence-corrected chi connectivity index (χ4v) is 5.87. The molecule has 2 aromatic carbocycles. The number of aliphatic hydroxyl groups is 1. The van der Waals surface area contributed by atoms with Crippen molar-refractivity contribution >= 4 is 28.5 Å². The summed E-state index contributed by atoms with van der Waals surface area (Å²) in [5, 5.41) is 22.4. The molecule has 2 N–H and O–H groups in total. The van der Waals surface area contributed by atoms with E-state index in [1.165, 1.54) is 5.56 Å². The predicted octanol–water partition coefficient (Wildman–Crippen LogP) is 6.15. The number of aryl methyl sites for hydroxylation is 1. The van der Waals surface area contributed by atoms with Crippen LogP contribution in [0.1, 0.15) is 55.8 Å². The van der Waals surface area contributed by atoms with E-state index in [4.69, 9.17) is 16.3 Å². The average molecular weight is 525 g/mol. The van der Waals surface area contributed by atoms with Crippen LogP contribution in [0.2, 0.25) is 5.02 Å². The van der Waals surface area contributed by atoms with Gasteiger partial charge in [-0.2, -0.15) is 0 Å². The van der Waals surface area contributed by atoms with Crippen LogP contribution in [-0.4, -0.2) is 52.8 Å². The minimum absolute atomic E-state index is 0.0938. The van der Waals surface area contributed by atoms with Crippen LogP contribution in [0.25, 0.3) is 10.9 Å². The summed E-state index contributed by atoms with van der Waals surface area (Å²) in [6, 6.07) is 15.5. The van der Waals surface area contributed by atoms with Crippen molar-refractivity contribution < 1.29 is 19.7 Å². The van der Waals surface area contributed by atoms with E-state index in [9.17, 15) is 15.0 Å². The van der Waals surface area contributed by atoms with Crippen molar-refractivity contribution in [3.63, 3.8) is 0 Å². The minimum Gasteiger partial charge on any atom is -0.497 e. The number of rotatable bonds is 12. The molecule has 2 heterocycles. The summed E-state index contributed by atoms with van der Waals surface area (Å²) in [7, 11) is 1.63. The highest BCUT2D eigenvalue weighted by Crippen LogP contribution is 2.35. The highest BCUT2D eigenvalue weighted by Gasteiger charge is 2.31. The Labute approximate surface area is 224 Å². The number of aromatic nitrogens is 1. The number of hydrogen-bond acceptors (Lipinski definition) is 5. The van der Waals surface area contributed by atoms with Gasteiger partial charge in [-0.1, -0.05) is 29.8 Å². The molecule has 0 spiro atoms. The maximum Gasteiger partial charge on any atom is 0.303 e. The monoisotopic (exact) mass is 524 g/mol. The van der Waals surface area contributed by atoms with E-state index in [-0.39, 0.29) is 18.3 Å². The lowest BCUT2D eigenvalue weighted by atomic mass is 9.79. The van der Waals surface area contributed by atoms with Gasteiger partial charge in [0.2, 0.25) is 0 Å². The van der Waals surface area contributed by atoms with Gasteiger partial charge >= 0.3 is 5.97 Å². The Morgan fingerprint density at radius 3 is 2.81 bits per heavy atom. The Balaban J connectivity index is 1.31. The molecule has 0 aliphatic carbocycles. The molecule has 6 nitrogen and oxygen atoms in total. The number of carboxylic acids is 1. The number of benzene rings is 2. The highest BCUT2D eigenvalue weighted by atomic mass is 35.5. The van der Waals surface area contributed by atoms with Crippen molar-refractivity contribution in [2.45, 2.75) is 51.0 Å². The minimum atomic E-state index is -0.747. The first-order valence-electron chi connectivity index (χ1n) is 13.2. The normalized spacial score (nSPS) is 19.1. The van der Waals surface area contributed by atoms with Crippen molar-refractivity contribution in [1.82, 2.24) is 9.88 Å². The number of carboxylic acid groups (broad SMARTS) is 1. The van der Waals surface area contributed by atoms with Crippen LogP contribution in [0.15, 0.2) is 54.7 Å². The average Bonchev–Trinajstić information content (AvgIpc) is 2.90. The second-order valence-corrected chi connectivity index (χ2v) is 10.5. The van der Waals surface area contributed by atoms with Gasteiger partial charge in [0.05, 0.1) is 18.7 Å². The number of piperidine rings is 1. The second-order valence-electron chi connectivity index (χ2n) is 10.1. The van der Waals surface area contributed by atoms with Crippen LogP contribution >= 0.6 is 11.6 Å². The molecule has 1 aliphatic heterocycles. The van der Waals surface area contributed by atoms with Gasteiger partial charge < -0.3 is 19.8 Å². The van der Waals surface area contributed by atoms with Gasteiger partial charge in [-0.15, -0.1) is 0 Å². The van der Waals surface area contributed by atoms with Gasteiger partial charge in [0, 0.05) is 29.6 Å². The van der Waals surface area contributed by atoms with E-state index < -0.39 is 12.1 Å². The van der Waals surface area contributed by atoms with Crippen LogP contribution in [-0.2, 0) is 11.2 Å². The zero-order chi connectivity index (χ0) is 26.2. The van der Waals surface area contributed by atoms with Crippen molar-refractivity contribution in [3.05, 3.63) is 70.9 Å². The molecule has 0 bridgehead atoms. The number of pyridine rings is 1. The molecule has 1 aliphatic rings. The number of nitrogens with zero attached hydrogens (tertiary/aromatic N) is 2. The Hall–Kier alpha value is -2.67. The lowest BCUT2D eigenvalue weighted by Gasteiger charge is -2.38. The van der Waals surface area contributed by atoms with E-state index in [2.05, 4.69) is 16.0 Å². The van der Waals surface area contributed by atoms with Crippen molar-refractivity contribution in [2.24, 2.45) is 11.8 Å². The van der Waals surface area contributed by atoms with Crippen LogP contribution in [0.5, 0.6) is 5.75 Å².